The highest BCUT2D eigenvalue weighted by Crippen LogP contribution is 2.28. The number of likely N-dealkylation sites (N-methyl/N-ethyl adjacent to an activating group) is 1. The SMILES string of the molecule is CCNc1ncnc(NCCN(C)C)c1OC. The first-order chi connectivity index (χ1) is 8.19. The number of aromatic nitrogens is 2. The van der Waals surface area contributed by atoms with Gasteiger partial charge in [0.15, 0.2) is 11.6 Å². The Bertz CT molecular complexity index is 343. The second kappa shape index (κ2) is 6.90. The van der Waals surface area contributed by atoms with Crippen molar-refractivity contribution in [2.45, 2.75) is 6.92 Å². The smallest absolute Gasteiger partial charge is 0.204 e. The molecule has 0 amide bonds. The van der Waals surface area contributed by atoms with Crippen molar-refractivity contribution in [1.29, 1.82) is 0 Å². The van der Waals surface area contributed by atoms with E-state index in [1.165, 1.54) is 6.33 Å². The summed E-state index contributed by atoms with van der Waals surface area (Å²) in [5.41, 5.74) is 0. The van der Waals surface area contributed by atoms with Gasteiger partial charge in [0.25, 0.3) is 0 Å². The van der Waals surface area contributed by atoms with Crippen molar-refractivity contribution in [2.24, 2.45) is 0 Å². The van der Waals surface area contributed by atoms with Crippen LogP contribution in [0.3, 0.4) is 0 Å². The number of methoxy groups -OCH3 is 1. The molecule has 0 fully saturated rings. The maximum atomic E-state index is 5.32. The van der Waals surface area contributed by atoms with Crippen LogP contribution in [0.5, 0.6) is 5.75 Å². The third-order valence-corrected chi connectivity index (χ3v) is 2.20. The first-order valence-electron chi connectivity index (χ1n) is 5.70. The molecule has 6 heteroatoms. The molecule has 17 heavy (non-hydrogen) atoms. The van der Waals surface area contributed by atoms with E-state index in [0.717, 1.165) is 31.3 Å². The van der Waals surface area contributed by atoms with Gasteiger partial charge in [-0.25, -0.2) is 9.97 Å². The van der Waals surface area contributed by atoms with Gasteiger partial charge in [-0.1, -0.05) is 0 Å². The van der Waals surface area contributed by atoms with Gasteiger partial charge in [0, 0.05) is 19.6 Å². The summed E-state index contributed by atoms with van der Waals surface area (Å²) in [5.74, 6) is 2.10. The molecule has 1 heterocycles. The molecule has 1 rings (SSSR count). The summed E-state index contributed by atoms with van der Waals surface area (Å²) in [7, 11) is 5.68. The summed E-state index contributed by atoms with van der Waals surface area (Å²) < 4.78 is 5.32. The summed E-state index contributed by atoms with van der Waals surface area (Å²) in [4.78, 5) is 10.4. The zero-order valence-corrected chi connectivity index (χ0v) is 10.9. The van der Waals surface area contributed by atoms with Crippen molar-refractivity contribution in [3.63, 3.8) is 0 Å². The van der Waals surface area contributed by atoms with E-state index in [-0.39, 0.29) is 0 Å². The topological polar surface area (TPSA) is 62.3 Å². The summed E-state index contributed by atoms with van der Waals surface area (Å²) in [6.45, 7) is 4.56. The molecule has 0 atom stereocenters. The molecular formula is C11H21N5O. The third kappa shape index (κ3) is 4.07. The van der Waals surface area contributed by atoms with E-state index in [1.54, 1.807) is 7.11 Å². The predicted octanol–water partition coefficient (Wildman–Crippen LogP) is 0.890. The zero-order valence-electron chi connectivity index (χ0n) is 10.9. The van der Waals surface area contributed by atoms with Gasteiger partial charge in [0.2, 0.25) is 5.75 Å². The van der Waals surface area contributed by atoms with Gasteiger partial charge in [-0.2, -0.15) is 0 Å². The Hall–Kier alpha value is -1.56. The van der Waals surface area contributed by atoms with Crippen LogP contribution in [0.4, 0.5) is 11.6 Å². The fourth-order valence-electron chi connectivity index (χ4n) is 1.38. The Balaban J connectivity index is 2.73. The number of hydrogen-bond donors (Lipinski definition) is 2. The van der Waals surface area contributed by atoms with E-state index in [0.29, 0.717) is 5.75 Å². The van der Waals surface area contributed by atoms with E-state index in [2.05, 4.69) is 25.5 Å². The van der Waals surface area contributed by atoms with Crippen LogP contribution >= 0.6 is 0 Å². The van der Waals surface area contributed by atoms with Crippen molar-refractivity contribution >= 4 is 11.6 Å². The van der Waals surface area contributed by atoms with E-state index in [1.807, 2.05) is 21.0 Å². The second-order valence-corrected chi connectivity index (χ2v) is 3.86. The lowest BCUT2D eigenvalue weighted by Crippen LogP contribution is -2.21. The zero-order chi connectivity index (χ0) is 12.7. The van der Waals surface area contributed by atoms with Crippen molar-refractivity contribution in [3.05, 3.63) is 6.33 Å². The van der Waals surface area contributed by atoms with Crippen molar-refractivity contribution < 1.29 is 4.74 Å². The highest BCUT2D eigenvalue weighted by atomic mass is 16.5. The number of anilines is 2. The molecule has 0 aromatic carbocycles. The van der Waals surface area contributed by atoms with Crippen LogP contribution in [0.1, 0.15) is 6.92 Å². The fourth-order valence-corrected chi connectivity index (χ4v) is 1.38. The largest absolute Gasteiger partial charge is 0.490 e. The van der Waals surface area contributed by atoms with Crippen molar-refractivity contribution in [3.8, 4) is 5.75 Å². The van der Waals surface area contributed by atoms with Crippen LogP contribution < -0.4 is 15.4 Å². The summed E-state index contributed by atoms with van der Waals surface area (Å²) in [6.07, 6.45) is 1.53. The minimum Gasteiger partial charge on any atom is -0.490 e. The molecule has 0 aliphatic heterocycles. The van der Waals surface area contributed by atoms with Crippen LogP contribution in [0, 0.1) is 0 Å². The summed E-state index contributed by atoms with van der Waals surface area (Å²) >= 11 is 0. The van der Waals surface area contributed by atoms with Gasteiger partial charge in [0.1, 0.15) is 6.33 Å². The molecule has 0 bridgehead atoms. The van der Waals surface area contributed by atoms with Gasteiger partial charge in [-0.15, -0.1) is 0 Å². The van der Waals surface area contributed by atoms with E-state index < -0.39 is 0 Å². The predicted molar refractivity (Wildman–Crippen MR) is 69.8 cm³/mol. The second-order valence-electron chi connectivity index (χ2n) is 3.86. The van der Waals surface area contributed by atoms with Crippen molar-refractivity contribution in [1.82, 2.24) is 14.9 Å². The van der Waals surface area contributed by atoms with Crippen LogP contribution in [-0.2, 0) is 0 Å². The molecule has 6 nitrogen and oxygen atoms in total. The number of rotatable bonds is 7. The molecule has 0 spiro atoms. The Labute approximate surface area is 102 Å². The lowest BCUT2D eigenvalue weighted by molar-refractivity contribution is 0.411. The van der Waals surface area contributed by atoms with E-state index >= 15 is 0 Å². The lowest BCUT2D eigenvalue weighted by Gasteiger charge is -2.15. The fraction of sp³-hybridized carbons (Fsp3) is 0.636. The molecule has 0 radical (unpaired) electrons. The van der Waals surface area contributed by atoms with Crippen LogP contribution in [-0.4, -0.2) is 55.7 Å². The lowest BCUT2D eigenvalue weighted by atomic mass is 10.4. The van der Waals surface area contributed by atoms with Gasteiger partial charge in [0.05, 0.1) is 7.11 Å². The maximum Gasteiger partial charge on any atom is 0.204 e. The monoisotopic (exact) mass is 239 g/mol. The molecule has 0 saturated heterocycles. The highest BCUT2D eigenvalue weighted by Gasteiger charge is 2.10. The Morgan fingerprint density at radius 1 is 1.24 bits per heavy atom. The summed E-state index contributed by atoms with van der Waals surface area (Å²) in [5, 5.41) is 6.38. The minimum absolute atomic E-state index is 0.660. The molecular weight excluding hydrogens is 218 g/mol. The summed E-state index contributed by atoms with van der Waals surface area (Å²) in [6, 6.07) is 0. The molecule has 0 saturated carbocycles. The standard InChI is InChI=1S/C11H21N5O/c1-5-12-10-9(17-4)11(15-8-14-10)13-6-7-16(2)3/h8H,5-7H2,1-4H3,(H2,12,13,14,15). The average molecular weight is 239 g/mol. The molecule has 0 unspecified atom stereocenters. The molecule has 1 aromatic rings. The quantitative estimate of drug-likeness (QED) is 0.737. The van der Waals surface area contributed by atoms with Gasteiger partial charge in [-0.3, -0.25) is 0 Å². The first-order valence-corrected chi connectivity index (χ1v) is 5.70. The highest BCUT2D eigenvalue weighted by molar-refractivity contribution is 5.63. The van der Waals surface area contributed by atoms with Crippen LogP contribution in [0.15, 0.2) is 6.33 Å². The molecule has 2 N–H and O–H groups in total. The van der Waals surface area contributed by atoms with Gasteiger partial charge >= 0.3 is 0 Å². The number of nitrogens with one attached hydrogen (secondary N) is 2. The van der Waals surface area contributed by atoms with Crippen LogP contribution in [0.25, 0.3) is 0 Å². The van der Waals surface area contributed by atoms with Gasteiger partial charge < -0.3 is 20.3 Å². The van der Waals surface area contributed by atoms with Crippen molar-refractivity contribution in [2.75, 3.05) is 51.5 Å². The molecule has 0 aliphatic rings. The number of ether oxygens (including phenoxy) is 1. The maximum absolute atomic E-state index is 5.32. The third-order valence-electron chi connectivity index (χ3n) is 2.20. The van der Waals surface area contributed by atoms with E-state index in [4.69, 9.17) is 4.74 Å². The van der Waals surface area contributed by atoms with E-state index in [9.17, 15) is 0 Å². The Morgan fingerprint density at radius 2 is 1.88 bits per heavy atom. The molecule has 96 valence electrons. The molecule has 1 aromatic heterocycles. The number of hydrogen-bond acceptors (Lipinski definition) is 6. The number of nitrogens with zero attached hydrogens (tertiary/aromatic N) is 3. The van der Waals surface area contributed by atoms with Gasteiger partial charge in [-0.05, 0) is 21.0 Å². The first kappa shape index (κ1) is 13.5. The average Bonchev–Trinajstić information content (AvgIpc) is 2.29. The van der Waals surface area contributed by atoms with Crippen LogP contribution in [0.2, 0.25) is 0 Å². The molecule has 0 aliphatic carbocycles. The minimum atomic E-state index is 0.660. The Morgan fingerprint density at radius 3 is 2.41 bits per heavy atom. The normalized spacial score (nSPS) is 10.4. The Kier molecular flexibility index (Phi) is 5.48.